The van der Waals surface area contributed by atoms with E-state index in [2.05, 4.69) is 11.9 Å². The SMILES string of the molecule is CCCCCOc1ccc(/C(O)=C2\C(=O)C(=O)N(Cc3ccncc3)C2c2ccc(F)cc2)cc1. The predicted octanol–water partition coefficient (Wildman–Crippen LogP) is 5.41. The number of aromatic nitrogens is 1. The molecule has 1 aromatic heterocycles. The molecule has 1 unspecified atom stereocenters. The van der Waals surface area contributed by atoms with Gasteiger partial charge >= 0.3 is 0 Å². The van der Waals surface area contributed by atoms with Gasteiger partial charge in [0.05, 0.1) is 18.2 Å². The first-order chi connectivity index (χ1) is 17.0. The molecule has 1 amide bonds. The molecule has 0 saturated carbocycles. The molecule has 4 rings (SSSR count). The van der Waals surface area contributed by atoms with Crippen LogP contribution >= 0.6 is 0 Å². The van der Waals surface area contributed by atoms with Gasteiger partial charge in [-0.1, -0.05) is 31.9 Å². The van der Waals surface area contributed by atoms with Gasteiger partial charge in [-0.15, -0.1) is 0 Å². The number of aliphatic hydroxyl groups excluding tert-OH is 1. The number of likely N-dealkylation sites (tertiary alicyclic amines) is 1. The third-order valence-electron chi connectivity index (χ3n) is 5.97. The van der Waals surface area contributed by atoms with Crippen molar-refractivity contribution in [1.29, 1.82) is 0 Å². The highest BCUT2D eigenvalue weighted by Gasteiger charge is 2.46. The Kier molecular flexibility index (Phi) is 7.55. The number of halogens is 1. The summed E-state index contributed by atoms with van der Waals surface area (Å²) in [5.74, 6) is -1.58. The minimum Gasteiger partial charge on any atom is -0.507 e. The Bertz CT molecular complexity index is 1210. The molecule has 1 N–H and O–H groups in total. The zero-order valence-electron chi connectivity index (χ0n) is 19.5. The lowest BCUT2D eigenvalue weighted by atomic mass is 9.95. The van der Waals surface area contributed by atoms with Crippen molar-refractivity contribution in [2.24, 2.45) is 0 Å². The molecule has 0 spiro atoms. The second-order valence-corrected chi connectivity index (χ2v) is 8.41. The number of ether oxygens (including phenoxy) is 1. The normalized spacial score (nSPS) is 17.1. The van der Waals surface area contributed by atoms with Crippen LogP contribution in [0.15, 0.2) is 78.6 Å². The first-order valence-corrected chi connectivity index (χ1v) is 11.7. The first-order valence-electron chi connectivity index (χ1n) is 11.7. The molecule has 180 valence electrons. The number of nitrogens with zero attached hydrogens (tertiary/aromatic N) is 2. The van der Waals surface area contributed by atoms with Gasteiger partial charge in [0, 0.05) is 24.5 Å². The first kappa shape index (κ1) is 24.1. The van der Waals surface area contributed by atoms with Crippen molar-refractivity contribution in [2.45, 2.75) is 38.8 Å². The van der Waals surface area contributed by atoms with E-state index < -0.39 is 23.5 Å². The van der Waals surface area contributed by atoms with Gasteiger partial charge < -0.3 is 14.7 Å². The fourth-order valence-electron chi connectivity index (χ4n) is 4.13. The van der Waals surface area contributed by atoms with Crippen molar-refractivity contribution in [3.05, 3.63) is 101 Å². The number of rotatable bonds is 9. The third kappa shape index (κ3) is 5.40. The van der Waals surface area contributed by atoms with Crippen LogP contribution in [0.25, 0.3) is 5.76 Å². The zero-order valence-corrected chi connectivity index (χ0v) is 19.5. The molecule has 1 aliphatic heterocycles. The van der Waals surface area contributed by atoms with E-state index in [9.17, 15) is 19.1 Å². The van der Waals surface area contributed by atoms with Crippen molar-refractivity contribution in [1.82, 2.24) is 9.88 Å². The maximum absolute atomic E-state index is 13.6. The summed E-state index contributed by atoms with van der Waals surface area (Å²) in [6.45, 7) is 2.86. The van der Waals surface area contributed by atoms with Crippen molar-refractivity contribution < 1.29 is 23.8 Å². The molecule has 2 heterocycles. The molecule has 7 heteroatoms. The Morgan fingerprint density at radius 3 is 2.34 bits per heavy atom. The number of carbonyl (C=O) groups excluding carboxylic acids is 2. The summed E-state index contributed by atoms with van der Waals surface area (Å²) < 4.78 is 19.4. The molecule has 0 radical (unpaired) electrons. The molecule has 1 atom stereocenters. The smallest absolute Gasteiger partial charge is 0.295 e. The lowest BCUT2D eigenvalue weighted by molar-refractivity contribution is -0.140. The minimum atomic E-state index is -0.867. The number of pyridine rings is 1. The quantitative estimate of drug-likeness (QED) is 0.194. The van der Waals surface area contributed by atoms with Crippen LogP contribution < -0.4 is 4.74 Å². The van der Waals surface area contributed by atoms with Crippen LogP contribution in [0.4, 0.5) is 4.39 Å². The van der Waals surface area contributed by atoms with Gasteiger partial charge in [0.25, 0.3) is 11.7 Å². The fourth-order valence-corrected chi connectivity index (χ4v) is 4.13. The number of aliphatic hydroxyl groups is 1. The van der Waals surface area contributed by atoms with Crippen LogP contribution in [0.1, 0.15) is 48.9 Å². The lowest BCUT2D eigenvalue weighted by Crippen LogP contribution is -2.29. The van der Waals surface area contributed by atoms with Gasteiger partial charge in [-0.25, -0.2) is 4.39 Å². The molecule has 1 fully saturated rings. The number of hydrogen-bond donors (Lipinski definition) is 1. The molecule has 35 heavy (non-hydrogen) atoms. The second-order valence-electron chi connectivity index (χ2n) is 8.41. The summed E-state index contributed by atoms with van der Waals surface area (Å²) in [6, 6.07) is 15.0. The number of Topliss-reactive ketones (excluding diaryl/α,β-unsaturated/α-hetero) is 1. The highest BCUT2D eigenvalue weighted by atomic mass is 19.1. The average molecular weight is 475 g/mol. The van der Waals surface area contributed by atoms with Crippen molar-refractivity contribution >= 4 is 17.4 Å². The molecule has 0 aliphatic carbocycles. The second kappa shape index (κ2) is 11.0. The molecule has 3 aromatic rings. The highest BCUT2D eigenvalue weighted by Crippen LogP contribution is 2.40. The molecule has 0 bridgehead atoms. The summed E-state index contributed by atoms with van der Waals surface area (Å²) in [4.78, 5) is 31.6. The standard InChI is InChI=1S/C28H27FN2O4/c1-2-3-4-17-35-23-11-7-21(8-12-23)26(32)24-25(20-5-9-22(29)10-6-20)31(28(34)27(24)33)18-19-13-15-30-16-14-19/h5-16,25,32H,2-4,17-18H2,1H3/b26-24+. The van der Waals surface area contributed by atoms with Gasteiger partial charge in [-0.05, 0) is 66.1 Å². The minimum absolute atomic E-state index is 0.0349. The average Bonchev–Trinajstić information content (AvgIpc) is 3.12. The topological polar surface area (TPSA) is 79.7 Å². The maximum Gasteiger partial charge on any atom is 0.295 e. The van der Waals surface area contributed by atoms with Crippen LogP contribution in [0.3, 0.4) is 0 Å². The number of amides is 1. The van der Waals surface area contributed by atoms with Gasteiger partial charge in [-0.2, -0.15) is 0 Å². The summed E-state index contributed by atoms with van der Waals surface area (Å²) >= 11 is 0. The third-order valence-corrected chi connectivity index (χ3v) is 5.97. The van der Waals surface area contributed by atoms with E-state index >= 15 is 0 Å². The molecule has 2 aromatic carbocycles. The van der Waals surface area contributed by atoms with E-state index in [0.29, 0.717) is 23.5 Å². The molecular formula is C28H27FN2O4. The van der Waals surface area contributed by atoms with E-state index in [1.165, 1.54) is 29.2 Å². The van der Waals surface area contributed by atoms with Gasteiger partial charge in [0.2, 0.25) is 0 Å². The Morgan fingerprint density at radius 2 is 1.69 bits per heavy atom. The van der Waals surface area contributed by atoms with E-state index in [-0.39, 0.29) is 17.9 Å². The monoisotopic (exact) mass is 474 g/mol. The maximum atomic E-state index is 13.6. The summed E-state index contributed by atoms with van der Waals surface area (Å²) in [5, 5.41) is 11.2. The molecular weight excluding hydrogens is 447 g/mol. The van der Waals surface area contributed by atoms with Gasteiger partial charge in [0.15, 0.2) is 0 Å². The summed E-state index contributed by atoms with van der Waals surface area (Å²) in [7, 11) is 0. The molecule has 1 aliphatic rings. The number of benzene rings is 2. The van der Waals surface area contributed by atoms with E-state index in [0.717, 1.165) is 24.8 Å². The van der Waals surface area contributed by atoms with Gasteiger partial charge in [0.1, 0.15) is 17.3 Å². The Morgan fingerprint density at radius 1 is 1.00 bits per heavy atom. The summed E-state index contributed by atoms with van der Waals surface area (Å²) in [5.41, 5.74) is 1.66. The molecule has 1 saturated heterocycles. The Balaban J connectivity index is 1.69. The molecule has 6 nitrogen and oxygen atoms in total. The van der Waals surface area contributed by atoms with Gasteiger partial charge in [-0.3, -0.25) is 14.6 Å². The number of carbonyl (C=O) groups is 2. The van der Waals surface area contributed by atoms with Crippen LogP contribution in [0.5, 0.6) is 5.75 Å². The van der Waals surface area contributed by atoms with E-state index in [4.69, 9.17) is 4.74 Å². The fraction of sp³-hybridized carbons (Fsp3) is 0.250. The van der Waals surface area contributed by atoms with Crippen LogP contribution in [-0.2, 0) is 16.1 Å². The number of ketones is 1. The Hall–Kier alpha value is -4.00. The number of hydrogen-bond acceptors (Lipinski definition) is 5. The van der Waals surface area contributed by atoms with Crippen LogP contribution in [-0.4, -0.2) is 33.3 Å². The van der Waals surface area contributed by atoms with Crippen molar-refractivity contribution in [2.75, 3.05) is 6.61 Å². The predicted molar refractivity (Wildman–Crippen MR) is 130 cm³/mol. The van der Waals surface area contributed by atoms with Crippen molar-refractivity contribution in [3.63, 3.8) is 0 Å². The van der Waals surface area contributed by atoms with E-state index in [1.54, 1.807) is 48.8 Å². The van der Waals surface area contributed by atoms with Crippen molar-refractivity contribution in [3.8, 4) is 5.75 Å². The van der Waals surface area contributed by atoms with Crippen LogP contribution in [0.2, 0.25) is 0 Å². The number of unbranched alkanes of at least 4 members (excludes halogenated alkanes) is 2. The largest absolute Gasteiger partial charge is 0.507 e. The zero-order chi connectivity index (χ0) is 24.8. The Labute approximate surface area is 203 Å². The van der Waals surface area contributed by atoms with E-state index in [1.807, 2.05) is 0 Å². The lowest BCUT2D eigenvalue weighted by Gasteiger charge is -2.25. The summed E-state index contributed by atoms with van der Waals surface area (Å²) in [6.07, 6.45) is 6.35. The highest BCUT2D eigenvalue weighted by molar-refractivity contribution is 6.46. The van der Waals surface area contributed by atoms with Crippen LogP contribution in [0, 0.1) is 5.82 Å².